The van der Waals surface area contributed by atoms with Crippen LogP contribution in [0.3, 0.4) is 0 Å². The molecule has 2 atom stereocenters. The number of hydrogen-bond acceptors (Lipinski definition) is 3. The number of rotatable bonds is 4. The fourth-order valence-corrected chi connectivity index (χ4v) is 3.74. The molecule has 3 nitrogen and oxygen atoms in total. The average Bonchev–Trinajstić information content (AvgIpc) is 2.89. The fourth-order valence-electron chi connectivity index (χ4n) is 2.55. The lowest BCUT2D eigenvalue weighted by Gasteiger charge is -2.26. The van der Waals surface area contributed by atoms with Crippen LogP contribution in [0.5, 0.6) is 0 Å². The molecular formula is C17H16FNO2S. The van der Waals surface area contributed by atoms with Gasteiger partial charge in [0, 0.05) is 0 Å². The molecule has 2 aromatic carbocycles. The molecule has 1 heterocycles. The van der Waals surface area contributed by atoms with Gasteiger partial charge in [0.25, 0.3) is 0 Å². The van der Waals surface area contributed by atoms with Crippen LogP contribution in [0.25, 0.3) is 0 Å². The Balaban J connectivity index is 1.80. The zero-order valence-electron chi connectivity index (χ0n) is 11.9. The first-order valence-corrected chi connectivity index (χ1v) is 8.09. The van der Waals surface area contributed by atoms with Crippen molar-refractivity contribution >= 4 is 17.7 Å². The average molecular weight is 317 g/mol. The summed E-state index contributed by atoms with van der Waals surface area (Å²) in [6, 6.07) is 15.5. The van der Waals surface area contributed by atoms with E-state index in [9.17, 15) is 14.3 Å². The molecule has 0 aromatic heterocycles. The number of β-amino-alcohol motifs (C(OH)–C–C–N with tert-alkyl or cyclic N) is 1. The predicted octanol–water partition coefficient (Wildman–Crippen LogP) is 3.13. The van der Waals surface area contributed by atoms with E-state index in [1.165, 1.54) is 23.9 Å². The SMILES string of the molecule is O=C1CS[C@@H](c2cccc(F)c2)N1C[C@@H](O)c1ccccc1. The van der Waals surface area contributed by atoms with Gasteiger partial charge in [0.2, 0.25) is 5.91 Å². The highest BCUT2D eigenvalue weighted by Gasteiger charge is 2.34. The summed E-state index contributed by atoms with van der Waals surface area (Å²) >= 11 is 1.46. The summed E-state index contributed by atoms with van der Waals surface area (Å²) in [5.74, 6) is -0.00173. The number of aliphatic hydroxyl groups is 1. The van der Waals surface area contributed by atoms with Crippen LogP contribution in [0.15, 0.2) is 54.6 Å². The molecule has 1 N–H and O–H groups in total. The van der Waals surface area contributed by atoms with Crippen molar-refractivity contribution in [2.24, 2.45) is 0 Å². The molecule has 1 aliphatic heterocycles. The third-order valence-electron chi connectivity index (χ3n) is 3.66. The third-order valence-corrected chi connectivity index (χ3v) is 4.91. The van der Waals surface area contributed by atoms with Crippen LogP contribution in [0.4, 0.5) is 4.39 Å². The zero-order chi connectivity index (χ0) is 15.5. The van der Waals surface area contributed by atoms with E-state index < -0.39 is 6.10 Å². The Morgan fingerprint density at radius 2 is 2.00 bits per heavy atom. The lowest BCUT2D eigenvalue weighted by Crippen LogP contribution is -2.32. The molecule has 22 heavy (non-hydrogen) atoms. The van der Waals surface area contributed by atoms with Gasteiger partial charge in [0.15, 0.2) is 0 Å². The van der Waals surface area contributed by atoms with Crippen molar-refractivity contribution in [1.82, 2.24) is 4.90 Å². The first-order chi connectivity index (χ1) is 10.6. The van der Waals surface area contributed by atoms with Crippen molar-refractivity contribution in [2.75, 3.05) is 12.3 Å². The molecule has 0 unspecified atom stereocenters. The highest BCUT2D eigenvalue weighted by molar-refractivity contribution is 8.00. The minimum absolute atomic E-state index is 0.0331. The second-order valence-corrected chi connectivity index (χ2v) is 6.26. The monoisotopic (exact) mass is 317 g/mol. The van der Waals surface area contributed by atoms with E-state index in [-0.39, 0.29) is 23.6 Å². The number of thioether (sulfide) groups is 1. The van der Waals surface area contributed by atoms with Crippen LogP contribution >= 0.6 is 11.8 Å². The molecule has 1 amide bonds. The van der Waals surface area contributed by atoms with E-state index in [0.717, 1.165) is 11.1 Å². The van der Waals surface area contributed by atoms with Crippen LogP contribution in [-0.4, -0.2) is 28.2 Å². The van der Waals surface area contributed by atoms with Gasteiger partial charge < -0.3 is 10.0 Å². The highest BCUT2D eigenvalue weighted by atomic mass is 32.2. The fraction of sp³-hybridized carbons (Fsp3) is 0.235. The first kappa shape index (κ1) is 15.1. The van der Waals surface area contributed by atoms with Crippen molar-refractivity contribution in [2.45, 2.75) is 11.5 Å². The van der Waals surface area contributed by atoms with E-state index >= 15 is 0 Å². The van der Waals surface area contributed by atoms with Crippen LogP contribution < -0.4 is 0 Å². The Labute approximate surface area is 132 Å². The van der Waals surface area contributed by atoms with E-state index in [1.807, 2.05) is 30.3 Å². The molecule has 0 aliphatic carbocycles. The Bertz CT molecular complexity index is 665. The van der Waals surface area contributed by atoms with Gasteiger partial charge in [0.05, 0.1) is 18.4 Å². The van der Waals surface area contributed by atoms with Crippen molar-refractivity contribution in [3.8, 4) is 0 Å². The van der Waals surface area contributed by atoms with Gasteiger partial charge in [-0.15, -0.1) is 11.8 Å². The number of aliphatic hydroxyl groups excluding tert-OH is 1. The van der Waals surface area contributed by atoms with E-state index in [2.05, 4.69) is 0 Å². The standard InChI is InChI=1S/C17H16FNO2S/c18-14-8-4-7-13(9-14)17-19(16(21)11-22-17)10-15(20)12-5-2-1-3-6-12/h1-9,15,17,20H,10-11H2/t15-,17+/m1/s1. The number of hydrogen-bond donors (Lipinski definition) is 1. The van der Waals surface area contributed by atoms with Crippen LogP contribution in [0, 0.1) is 5.82 Å². The molecule has 1 saturated heterocycles. The number of amides is 1. The number of nitrogens with zero attached hydrogens (tertiary/aromatic N) is 1. The van der Waals surface area contributed by atoms with Gasteiger partial charge in [-0.2, -0.15) is 0 Å². The molecule has 0 saturated carbocycles. The third kappa shape index (κ3) is 3.15. The van der Waals surface area contributed by atoms with Crippen molar-refractivity contribution in [3.63, 3.8) is 0 Å². The number of benzene rings is 2. The highest BCUT2D eigenvalue weighted by Crippen LogP contribution is 2.39. The summed E-state index contributed by atoms with van der Waals surface area (Å²) in [5, 5.41) is 10.1. The predicted molar refractivity (Wildman–Crippen MR) is 84.7 cm³/mol. The molecule has 0 spiro atoms. The minimum Gasteiger partial charge on any atom is -0.387 e. The van der Waals surface area contributed by atoms with E-state index in [0.29, 0.717) is 5.75 Å². The maximum Gasteiger partial charge on any atom is 0.233 e. The van der Waals surface area contributed by atoms with E-state index in [4.69, 9.17) is 0 Å². The van der Waals surface area contributed by atoms with Crippen LogP contribution in [0.2, 0.25) is 0 Å². The van der Waals surface area contributed by atoms with Gasteiger partial charge in [-0.1, -0.05) is 42.5 Å². The summed E-state index contributed by atoms with van der Waals surface area (Å²) in [6.07, 6.45) is -0.750. The van der Waals surface area contributed by atoms with Gasteiger partial charge in [-0.25, -0.2) is 4.39 Å². The normalized spacial score (nSPS) is 19.5. The molecular weight excluding hydrogens is 301 g/mol. The zero-order valence-corrected chi connectivity index (χ0v) is 12.7. The topological polar surface area (TPSA) is 40.5 Å². The quantitative estimate of drug-likeness (QED) is 0.942. The Kier molecular flexibility index (Phi) is 4.45. The van der Waals surface area contributed by atoms with Gasteiger partial charge in [-0.3, -0.25) is 4.79 Å². The first-order valence-electron chi connectivity index (χ1n) is 7.04. The molecule has 2 aromatic rings. The van der Waals surface area contributed by atoms with Crippen molar-refractivity contribution in [3.05, 3.63) is 71.5 Å². The van der Waals surface area contributed by atoms with Crippen LogP contribution in [0.1, 0.15) is 22.6 Å². The molecule has 3 rings (SSSR count). The largest absolute Gasteiger partial charge is 0.387 e. The van der Waals surface area contributed by atoms with Gasteiger partial charge >= 0.3 is 0 Å². The summed E-state index contributed by atoms with van der Waals surface area (Å²) in [4.78, 5) is 13.7. The molecule has 5 heteroatoms. The van der Waals surface area contributed by atoms with Crippen molar-refractivity contribution in [1.29, 1.82) is 0 Å². The second kappa shape index (κ2) is 6.50. The summed E-state index contributed by atoms with van der Waals surface area (Å²) in [6.45, 7) is 0.205. The Morgan fingerprint density at radius 3 is 2.73 bits per heavy atom. The molecule has 1 fully saturated rings. The Morgan fingerprint density at radius 1 is 1.23 bits per heavy atom. The molecule has 0 radical (unpaired) electrons. The summed E-state index contributed by atoms with van der Waals surface area (Å²) in [5.41, 5.74) is 1.52. The molecule has 1 aliphatic rings. The minimum atomic E-state index is -0.750. The van der Waals surface area contributed by atoms with Gasteiger partial charge in [-0.05, 0) is 23.3 Å². The summed E-state index contributed by atoms with van der Waals surface area (Å²) < 4.78 is 13.4. The maximum atomic E-state index is 13.4. The lowest BCUT2D eigenvalue weighted by molar-refractivity contribution is -0.129. The molecule has 0 bridgehead atoms. The van der Waals surface area contributed by atoms with Gasteiger partial charge in [0.1, 0.15) is 11.2 Å². The lowest BCUT2D eigenvalue weighted by atomic mass is 10.1. The smallest absolute Gasteiger partial charge is 0.233 e. The molecule has 114 valence electrons. The number of carbonyl (C=O) groups excluding carboxylic acids is 1. The second-order valence-electron chi connectivity index (χ2n) is 5.19. The number of halogens is 1. The summed E-state index contributed by atoms with van der Waals surface area (Å²) in [7, 11) is 0. The van der Waals surface area contributed by atoms with Crippen LogP contribution in [-0.2, 0) is 4.79 Å². The Hall–Kier alpha value is -1.85. The van der Waals surface area contributed by atoms with E-state index in [1.54, 1.807) is 17.0 Å². The number of carbonyl (C=O) groups is 1. The van der Waals surface area contributed by atoms with Crippen molar-refractivity contribution < 1.29 is 14.3 Å². The maximum absolute atomic E-state index is 13.4.